The zero-order valence-electron chi connectivity index (χ0n) is 17.0. The summed E-state index contributed by atoms with van der Waals surface area (Å²) in [5, 5.41) is 1.04. The van der Waals surface area contributed by atoms with Crippen molar-refractivity contribution in [3.8, 4) is 0 Å². The molecule has 9 heteroatoms. The number of sulfonamides is 1. The van der Waals surface area contributed by atoms with Gasteiger partial charge < -0.3 is 10.6 Å². The Morgan fingerprint density at radius 1 is 1.13 bits per heavy atom. The number of piperidine rings is 1. The number of amides is 2. The topological polar surface area (TPSA) is 101 Å². The van der Waals surface area contributed by atoms with Crippen LogP contribution in [0.25, 0.3) is 10.1 Å². The van der Waals surface area contributed by atoms with E-state index in [0.717, 1.165) is 28.5 Å². The lowest BCUT2D eigenvalue weighted by Crippen LogP contribution is -2.46. The highest BCUT2D eigenvalue weighted by molar-refractivity contribution is 7.88. The Bertz CT molecular complexity index is 1070. The van der Waals surface area contributed by atoms with Crippen molar-refractivity contribution < 1.29 is 18.0 Å². The number of hydrogen-bond acceptors (Lipinski definition) is 5. The van der Waals surface area contributed by atoms with Crippen LogP contribution in [-0.2, 0) is 21.2 Å². The van der Waals surface area contributed by atoms with Gasteiger partial charge in [-0.1, -0.05) is 18.2 Å². The van der Waals surface area contributed by atoms with Crippen LogP contribution in [0.15, 0.2) is 24.3 Å². The number of primary amides is 1. The van der Waals surface area contributed by atoms with Crippen LogP contribution in [0.2, 0.25) is 0 Å². The summed E-state index contributed by atoms with van der Waals surface area (Å²) in [4.78, 5) is 27.8. The summed E-state index contributed by atoms with van der Waals surface area (Å²) < 4.78 is 26.0. The molecule has 0 saturated carbocycles. The van der Waals surface area contributed by atoms with E-state index < -0.39 is 15.9 Å². The van der Waals surface area contributed by atoms with Gasteiger partial charge in [-0.3, -0.25) is 9.59 Å². The molecule has 1 atom stereocenters. The fourth-order valence-corrected chi connectivity index (χ4v) is 6.70. The first kappa shape index (κ1) is 21.3. The quantitative estimate of drug-likeness (QED) is 0.756. The van der Waals surface area contributed by atoms with Crippen molar-refractivity contribution in [2.24, 2.45) is 11.7 Å². The molecule has 162 valence electrons. The molecular formula is C21H27N3O4S2. The minimum absolute atomic E-state index is 0.0431. The first-order valence-corrected chi connectivity index (χ1v) is 13.0. The van der Waals surface area contributed by atoms with Gasteiger partial charge in [0.15, 0.2) is 0 Å². The number of nitrogens with two attached hydrogens (primary N) is 1. The second kappa shape index (κ2) is 8.28. The van der Waals surface area contributed by atoms with Crippen molar-refractivity contribution in [2.45, 2.75) is 38.1 Å². The molecule has 30 heavy (non-hydrogen) atoms. The van der Waals surface area contributed by atoms with Crippen molar-refractivity contribution in [2.75, 3.05) is 25.9 Å². The van der Waals surface area contributed by atoms with E-state index in [1.165, 1.54) is 21.9 Å². The standard InChI is InChI=1S/C21H27N3O4S2/c1-30(27,28)23-11-8-14(9-12-23)21(26)24-10-4-5-15(24)13-17-16-6-2-3-7-18(16)29-19(17)20(22)25/h2-3,6-7,14-15H,4-5,8-13H2,1H3,(H2,22,25). The van der Waals surface area contributed by atoms with E-state index >= 15 is 0 Å². The summed E-state index contributed by atoms with van der Waals surface area (Å²) in [6.07, 6.45) is 4.79. The van der Waals surface area contributed by atoms with Crippen molar-refractivity contribution in [3.05, 3.63) is 34.7 Å². The van der Waals surface area contributed by atoms with Crippen LogP contribution in [0.3, 0.4) is 0 Å². The second-order valence-corrected chi connectivity index (χ2v) is 11.3. The van der Waals surface area contributed by atoms with E-state index in [1.807, 2.05) is 29.2 Å². The molecule has 2 N–H and O–H groups in total. The number of nitrogens with zero attached hydrogens (tertiary/aromatic N) is 2. The number of hydrogen-bond donors (Lipinski definition) is 1. The predicted octanol–water partition coefficient (Wildman–Crippen LogP) is 2.21. The van der Waals surface area contributed by atoms with Crippen LogP contribution in [0, 0.1) is 5.92 Å². The summed E-state index contributed by atoms with van der Waals surface area (Å²) in [6.45, 7) is 1.51. The number of fused-ring (bicyclic) bond motifs is 1. The number of carbonyl (C=O) groups excluding carboxylic acids is 2. The van der Waals surface area contributed by atoms with Crippen LogP contribution >= 0.6 is 11.3 Å². The summed E-state index contributed by atoms with van der Waals surface area (Å²) in [6, 6.07) is 7.94. The van der Waals surface area contributed by atoms with E-state index in [2.05, 4.69) is 0 Å². The van der Waals surface area contributed by atoms with E-state index in [9.17, 15) is 18.0 Å². The van der Waals surface area contributed by atoms with Gasteiger partial charge in [-0.05, 0) is 49.1 Å². The highest BCUT2D eigenvalue weighted by Gasteiger charge is 2.36. The van der Waals surface area contributed by atoms with Gasteiger partial charge in [-0.2, -0.15) is 0 Å². The summed E-state index contributed by atoms with van der Waals surface area (Å²) in [7, 11) is -3.21. The van der Waals surface area contributed by atoms with E-state index in [4.69, 9.17) is 5.73 Å². The molecule has 4 rings (SSSR count). The number of thiophene rings is 1. The summed E-state index contributed by atoms with van der Waals surface area (Å²) >= 11 is 1.42. The maximum atomic E-state index is 13.2. The molecule has 2 fully saturated rings. The van der Waals surface area contributed by atoms with Crippen molar-refractivity contribution in [1.82, 2.24) is 9.21 Å². The first-order valence-electron chi connectivity index (χ1n) is 10.3. The van der Waals surface area contributed by atoms with Crippen molar-refractivity contribution >= 4 is 43.3 Å². The van der Waals surface area contributed by atoms with Gasteiger partial charge in [-0.15, -0.1) is 11.3 Å². The smallest absolute Gasteiger partial charge is 0.259 e. The Morgan fingerprint density at radius 3 is 2.50 bits per heavy atom. The van der Waals surface area contributed by atoms with Gasteiger partial charge in [0.05, 0.1) is 11.1 Å². The summed E-state index contributed by atoms with van der Waals surface area (Å²) in [5.74, 6) is -0.445. The molecule has 0 spiro atoms. The Morgan fingerprint density at radius 2 is 1.83 bits per heavy atom. The highest BCUT2D eigenvalue weighted by Crippen LogP contribution is 2.35. The van der Waals surface area contributed by atoms with Crippen molar-refractivity contribution in [1.29, 1.82) is 0 Å². The Balaban J connectivity index is 1.51. The third-order valence-corrected chi connectivity index (χ3v) is 8.83. The summed E-state index contributed by atoms with van der Waals surface area (Å²) in [5.41, 5.74) is 6.59. The highest BCUT2D eigenvalue weighted by atomic mass is 32.2. The average Bonchev–Trinajstić information content (AvgIpc) is 3.32. The molecule has 7 nitrogen and oxygen atoms in total. The van der Waals surface area contributed by atoms with Gasteiger partial charge in [-0.25, -0.2) is 12.7 Å². The second-order valence-electron chi connectivity index (χ2n) is 8.24. The molecule has 2 aliphatic rings. The number of carbonyl (C=O) groups is 2. The van der Waals surface area contributed by atoms with Crippen molar-refractivity contribution in [3.63, 3.8) is 0 Å². The van der Waals surface area contributed by atoms with Gasteiger partial charge in [0, 0.05) is 36.3 Å². The van der Waals surface area contributed by atoms with Crippen LogP contribution < -0.4 is 5.73 Å². The molecule has 0 aliphatic carbocycles. The van der Waals surface area contributed by atoms with Gasteiger partial charge in [0.25, 0.3) is 5.91 Å². The number of likely N-dealkylation sites (tertiary alicyclic amines) is 1. The van der Waals surface area contributed by atoms with Crippen LogP contribution in [0.5, 0.6) is 0 Å². The predicted molar refractivity (Wildman–Crippen MR) is 118 cm³/mol. The maximum absolute atomic E-state index is 13.2. The molecule has 1 unspecified atom stereocenters. The molecule has 2 amide bonds. The van der Waals surface area contributed by atoms with E-state index in [0.29, 0.717) is 43.8 Å². The first-order chi connectivity index (χ1) is 14.3. The minimum atomic E-state index is -3.21. The molecule has 2 saturated heterocycles. The van der Waals surface area contributed by atoms with Crippen LogP contribution in [-0.4, -0.2) is 61.4 Å². The largest absolute Gasteiger partial charge is 0.365 e. The Kier molecular flexibility index (Phi) is 5.87. The van der Waals surface area contributed by atoms with E-state index in [-0.39, 0.29) is 17.9 Å². The number of benzene rings is 1. The molecule has 0 radical (unpaired) electrons. The zero-order chi connectivity index (χ0) is 21.5. The Hall–Kier alpha value is -1.97. The van der Waals surface area contributed by atoms with E-state index in [1.54, 1.807) is 0 Å². The van der Waals surface area contributed by atoms with Crippen LogP contribution in [0.4, 0.5) is 0 Å². The fourth-order valence-electron chi connectivity index (χ4n) is 4.74. The minimum Gasteiger partial charge on any atom is -0.365 e. The third kappa shape index (κ3) is 4.10. The lowest BCUT2D eigenvalue weighted by molar-refractivity contribution is -0.137. The van der Waals surface area contributed by atoms with Gasteiger partial charge in [0.1, 0.15) is 0 Å². The molecule has 2 aliphatic heterocycles. The Labute approximate surface area is 180 Å². The SMILES string of the molecule is CS(=O)(=O)N1CCC(C(=O)N2CCCC2Cc2c(C(N)=O)sc3ccccc23)CC1. The molecule has 3 heterocycles. The lowest BCUT2D eigenvalue weighted by atomic mass is 9.95. The maximum Gasteiger partial charge on any atom is 0.259 e. The number of rotatable bonds is 5. The molecule has 0 bridgehead atoms. The zero-order valence-corrected chi connectivity index (χ0v) is 18.7. The molecular weight excluding hydrogens is 422 g/mol. The molecule has 1 aromatic heterocycles. The molecule has 2 aromatic rings. The molecule has 1 aromatic carbocycles. The van der Waals surface area contributed by atoms with Gasteiger partial charge in [0.2, 0.25) is 15.9 Å². The fraction of sp³-hybridized carbons (Fsp3) is 0.524. The monoisotopic (exact) mass is 449 g/mol. The van der Waals surface area contributed by atoms with Gasteiger partial charge >= 0.3 is 0 Å². The normalized spacial score (nSPS) is 21.4. The third-order valence-electron chi connectivity index (χ3n) is 6.29. The van der Waals surface area contributed by atoms with Crippen LogP contribution in [0.1, 0.15) is 40.9 Å². The lowest BCUT2D eigenvalue weighted by Gasteiger charge is -2.34. The average molecular weight is 450 g/mol.